The van der Waals surface area contributed by atoms with Crippen LogP contribution in [0.25, 0.3) is 0 Å². The van der Waals surface area contributed by atoms with Crippen LogP contribution >= 0.6 is 15.9 Å². The lowest BCUT2D eigenvalue weighted by Gasteiger charge is -2.18. The van der Waals surface area contributed by atoms with Gasteiger partial charge in [-0.2, -0.15) is 0 Å². The van der Waals surface area contributed by atoms with Gasteiger partial charge in [-0.3, -0.25) is 0 Å². The van der Waals surface area contributed by atoms with Crippen molar-refractivity contribution in [2.45, 2.75) is 12.3 Å². The monoisotopic (exact) mass is 384 g/mol. The molecule has 0 fully saturated rings. The van der Waals surface area contributed by atoms with E-state index in [-0.39, 0.29) is 11.7 Å². The molecule has 7 heteroatoms. The molecular weight excluding hydrogens is 373 g/mol. The van der Waals surface area contributed by atoms with E-state index in [0.29, 0.717) is 4.47 Å². The molecule has 1 aromatic carbocycles. The number of H-pyrrole nitrogens is 2. The molecule has 23 heavy (non-hydrogen) atoms. The van der Waals surface area contributed by atoms with Crippen molar-refractivity contribution >= 4 is 15.9 Å². The van der Waals surface area contributed by atoms with Crippen LogP contribution in [0, 0.1) is 0 Å². The summed E-state index contributed by atoms with van der Waals surface area (Å²) in [6.45, 7) is 0. The van der Waals surface area contributed by atoms with Gasteiger partial charge in [0, 0.05) is 28.3 Å². The molecule has 120 valence electrons. The van der Waals surface area contributed by atoms with Crippen LogP contribution in [0.4, 0.5) is 13.2 Å². The predicted octanol–water partition coefficient (Wildman–Crippen LogP) is 5.18. The zero-order valence-electron chi connectivity index (χ0n) is 11.7. The van der Waals surface area contributed by atoms with Gasteiger partial charge in [-0.25, -0.2) is 0 Å². The summed E-state index contributed by atoms with van der Waals surface area (Å²) in [5.41, 5.74) is 2.68. The van der Waals surface area contributed by atoms with Crippen molar-refractivity contribution in [1.29, 1.82) is 0 Å². The fourth-order valence-electron chi connectivity index (χ4n) is 2.49. The lowest BCUT2D eigenvalue weighted by atomic mass is 9.92. The van der Waals surface area contributed by atoms with E-state index in [1.807, 2.05) is 24.3 Å². The van der Waals surface area contributed by atoms with Gasteiger partial charge in [0.15, 0.2) is 0 Å². The maximum absolute atomic E-state index is 12.3. The van der Waals surface area contributed by atoms with Gasteiger partial charge >= 0.3 is 6.36 Å². The number of rotatable bonds is 4. The molecule has 0 atom stereocenters. The number of aromatic amines is 2. The summed E-state index contributed by atoms with van der Waals surface area (Å²) < 4.78 is 41.5. The normalized spacial score (nSPS) is 11.9. The molecule has 3 aromatic rings. The van der Waals surface area contributed by atoms with Gasteiger partial charge in [0.2, 0.25) is 0 Å². The van der Waals surface area contributed by atoms with Gasteiger partial charge in [0.05, 0.1) is 5.92 Å². The van der Waals surface area contributed by atoms with Crippen LogP contribution in [-0.2, 0) is 0 Å². The molecule has 0 aliphatic rings. The molecule has 0 spiro atoms. The van der Waals surface area contributed by atoms with Crippen molar-refractivity contribution in [3.8, 4) is 5.75 Å². The molecule has 3 nitrogen and oxygen atoms in total. The van der Waals surface area contributed by atoms with Gasteiger partial charge in [-0.15, -0.1) is 13.2 Å². The second-order valence-corrected chi connectivity index (χ2v) is 5.77. The molecule has 0 bridgehead atoms. The number of nitrogens with one attached hydrogen (secondary N) is 2. The summed E-state index contributed by atoms with van der Waals surface area (Å²) >= 11 is 3.35. The standard InChI is InChI=1S/C16H12BrF3N2O/c17-12-9-10(23-16(18,19)20)5-6-11(12)15(13-3-1-7-21-13)14-4-2-8-22-14/h1-9,15,21-22H. The maximum atomic E-state index is 12.3. The third-order valence-electron chi connectivity index (χ3n) is 3.38. The van der Waals surface area contributed by atoms with Crippen LogP contribution < -0.4 is 4.74 Å². The van der Waals surface area contributed by atoms with E-state index < -0.39 is 6.36 Å². The number of ether oxygens (including phenoxy) is 1. The molecule has 0 aliphatic carbocycles. The van der Waals surface area contributed by atoms with Crippen LogP contribution in [0.1, 0.15) is 22.9 Å². The highest BCUT2D eigenvalue weighted by atomic mass is 79.9. The molecule has 2 N–H and O–H groups in total. The molecule has 0 saturated heterocycles. The van der Waals surface area contributed by atoms with Crippen LogP contribution in [0.15, 0.2) is 59.3 Å². The molecule has 0 saturated carbocycles. The zero-order valence-corrected chi connectivity index (χ0v) is 13.3. The van der Waals surface area contributed by atoms with Crippen LogP contribution in [0.2, 0.25) is 0 Å². The second-order valence-electron chi connectivity index (χ2n) is 4.92. The van der Waals surface area contributed by atoms with E-state index in [9.17, 15) is 13.2 Å². The van der Waals surface area contributed by atoms with Gasteiger partial charge in [-0.1, -0.05) is 22.0 Å². The Morgan fingerprint density at radius 2 is 1.57 bits per heavy atom. The first kappa shape index (κ1) is 15.7. The van der Waals surface area contributed by atoms with Gasteiger partial charge < -0.3 is 14.7 Å². The lowest BCUT2D eigenvalue weighted by Crippen LogP contribution is -2.17. The summed E-state index contributed by atoms with van der Waals surface area (Å²) in [5, 5.41) is 0. The van der Waals surface area contributed by atoms with E-state index in [4.69, 9.17) is 0 Å². The van der Waals surface area contributed by atoms with Gasteiger partial charge in [0.1, 0.15) is 5.75 Å². The summed E-state index contributed by atoms with van der Waals surface area (Å²) in [6, 6.07) is 11.9. The first-order chi connectivity index (χ1) is 10.9. The number of hydrogen-bond donors (Lipinski definition) is 2. The van der Waals surface area contributed by atoms with Crippen molar-refractivity contribution in [3.05, 3.63) is 76.3 Å². The minimum Gasteiger partial charge on any atom is -0.406 e. The van der Waals surface area contributed by atoms with E-state index in [0.717, 1.165) is 17.0 Å². The smallest absolute Gasteiger partial charge is 0.406 e. The van der Waals surface area contributed by atoms with E-state index >= 15 is 0 Å². The maximum Gasteiger partial charge on any atom is 0.573 e. The average molecular weight is 385 g/mol. The molecule has 2 aromatic heterocycles. The largest absolute Gasteiger partial charge is 0.573 e. The van der Waals surface area contributed by atoms with E-state index in [1.54, 1.807) is 18.5 Å². The van der Waals surface area contributed by atoms with Crippen LogP contribution in [0.3, 0.4) is 0 Å². The lowest BCUT2D eigenvalue weighted by molar-refractivity contribution is -0.274. The number of aromatic nitrogens is 2. The molecular formula is C16H12BrF3N2O. The van der Waals surface area contributed by atoms with Gasteiger partial charge in [0.25, 0.3) is 0 Å². The Morgan fingerprint density at radius 1 is 0.957 bits per heavy atom. The summed E-state index contributed by atoms with van der Waals surface area (Å²) in [6.07, 6.45) is -1.10. The fraction of sp³-hybridized carbons (Fsp3) is 0.125. The Balaban J connectivity index is 2.01. The van der Waals surface area contributed by atoms with Crippen LogP contribution in [0.5, 0.6) is 5.75 Å². The second kappa shape index (κ2) is 6.16. The summed E-state index contributed by atoms with van der Waals surface area (Å²) in [4.78, 5) is 6.30. The molecule has 0 amide bonds. The highest BCUT2D eigenvalue weighted by molar-refractivity contribution is 9.10. The Labute approximate surface area is 138 Å². The highest BCUT2D eigenvalue weighted by Gasteiger charge is 2.31. The van der Waals surface area contributed by atoms with Crippen LogP contribution in [-0.4, -0.2) is 16.3 Å². The van der Waals surface area contributed by atoms with E-state index in [2.05, 4.69) is 30.6 Å². The van der Waals surface area contributed by atoms with Crippen molar-refractivity contribution in [3.63, 3.8) is 0 Å². The van der Waals surface area contributed by atoms with Crippen molar-refractivity contribution in [1.82, 2.24) is 9.97 Å². The fourth-order valence-corrected chi connectivity index (χ4v) is 3.08. The summed E-state index contributed by atoms with van der Waals surface area (Å²) in [7, 11) is 0. The molecule has 0 radical (unpaired) electrons. The molecule has 3 rings (SSSR count). The SMILES string of the molecule is FC(F)(F)Oc1ccc(C(c2ccc[nH]2)c2ccc[nH]2)c(Br)c1. The Hall–Kier alpha value is -2.15. The average Bonchev–Trinajstić information content (AvgIpc) is 3.14. The van der Waals surface area contributed by atoms with E-state index in [1.165, 1.54) is 12.1 Å². The highest BCUT2D eigenvalue weighted by Crippen LogP contribution is 2.37. The first-order valence-electron chi connectivity index (χ1n) is 6.76. The molecule has 0 unspecified atom stereocenters. The van der Waals surface area contributed by atoms with Crippen molar-refractivity contribution in [2.24, 2.45) is 0 Å². The van der Waals surface area contributed by atoms with Crippen molar-refractivity contribution < 1.29 is 17.9 Å². The molecule has 0 aliphatic heterocycles. The Morgan fingerprint density at radius 3 is 2.00 bits per heavy atom. The number of benzene rings is 1. The Bertz CT molecular complexity index is 733. The topological polar surface area (TPSA) is 40.8 Å². The Kier molecular flexibility index (Phi) is 4.21. The molecule has 2 heterocycles. The minimum atomic E-state index is -4.71. The third kappa shape index (κ3) is 3.61. The summed E-state index contributed by atoms with van der Waals surface area (Å²) in [5.74, 6) is -0.417. The quantitative estimate of drug-likeness (QED) is 0.638. The predicted molar refractivity (Wildman–Crippen MR) is 83.4 cm³/mol. The number of halogens is 4. The minimum absolute atomic E-state index is 0.158. The van der Waals surface area contributed by atoms with Gasteiger partial charge in [-0.05, 0) is 42.0 Å². The number of hydrogen-bond acceptors (Lipinski definition) is 1. The first-order valence-corrected chi connectivity index (χ1v) is 7.55. The third-order valence-corrected chi connectivity index (χ3v) is 4.07. The van der Waals surface area contributed by atoms with Crippen molar-refractivity contribution in [2.75, 3.05) is 0 Å². The zero-order chi connectivity index (χ0) is 16.4. The number of alkyl halides is 3.